The van der Waals surface area contributed by atoms with Gasteiger partial charge in [-0.3, -0.25) is 4.79 Å². The molecule has 3 rings (SSSR count). The van der Waals surface area contributed by atoms with E-state index in [0.29, 0.717) is 18.0 Å². The largest absolute Gasteiger partial charge is 0.481 e. The van der Waals surface area contributed by atoms with Gasteiger partial charge in [0.1, 0.15) is 0 Å². The third-order valence-corrected chi connectivity index (χ3v) is 5.84. The van der Waals surface area contributed by atoms with Crippen molar-refractivity contribution in [3.63, 3.8) is 0 Å². The van der Waals surface area contributed by atoms with Crippen LogP contribution >= 0.6 is 11.6 Å². The minimum Gasteiger partial charge on any atom is -0.481 e. The van der Waals surface area contributed by atoms with E-state index < -0.39 is 5.97 Å². The SMILES string of the molecule is O=C(O)C1CCC(NC(c2ccc(Cl)cc2)C2CCCC2)CC1. The predicted octanol–water partition coefficient (Wildman–Crippen LogP) is 4.80. The van der Waals surface area contributed by atoms with E-state index in [2.05, 4.69) is 17.4 Å². The van der Waals surface area contributed by atoms with Crippen LogP contribution in [-0.4, -0.2) is 17.1 Å². The minimum absolute atomic E-state index is 0.145. The Kier molecular flexibility index (Phi) is 5.60. The molecule has 0 amide bonds. The van der Waals surface area contributed by atoms with Gasteiger partial charge in [-0.15, -0.1) is 0 Å². The number of nitrogens with one attached hydrogen (secondary N) is 1. The molecular formula is C19H26ClNO2. The van der Waals surface area contributed by atoms with Crippen LogP contribution in [0.15, 0.2) is 24.3 Å². The Morgan fingerprint density at radius 1 is 1.04 bits per heavy atom. The van der Waals surface area contributed by atoms with Crippen LogP contribution in [0, 0.1) is 11.8 Å². The number of benzene rings is 1. The highest BCUT2D eigenvalue weighted by Crippen LogP contribution is 2.37. The number of hydrogen-bond acceptors (Lipinski definition) is 2. The van der Waals surface area contributed by atoms with Gasteiger partial charge in [0, 0.05) is 17.1 Å². The Bertz CT molecular complexity index is 517. The molecule has 1 aromatic carbocycles. The van der Waals surface area contributed by atoms with Crippen molar-refractivity contribution in [1.82, 2.24) is 5.32 Å². The molecule has 23 heavy (non-hydrogen) atoms. The van der Waals surface area contributed by atoms with Crippen molar-refractivity contribution in [3.05, 3.63) is 34.9 Å². The van der Waals surface area contributed by atoms with E-state index >= 15 is 0 Å². The zero-order chi connectivity index (χ0) is 16.2. The first-order chi connectivity index (χ1) is 11.1. The van der Waals surface area contributed by atoms with Crippen LogP contribution in [0.2, 0.25) is 5.02 Å². The zero-order valence-corrected chi connectivity index (χ0v) is 14.3. The summed E-state index contributed by atoms with van der Waals surface area (Å²) in [5.41, 5.74) is 1.32. The van der Waals surface area contributed by atoms with Gasteiger partial charge in [-0.25, -0.2) is 0 Å². The molecule has 0 bridgehead atoms. The molecule has 126 valence electrons. The van der Waals surface area contributed by atoms with Crippen molar-refractivity contribution >= 4 is 17.6 Å². The summed E-state index contributed by atoms with van der Waals surface area (Å²) in [5, 5.41) is 13.8. The van der Waals surface area contributed by atoms with Crippen LogP contribution in [0.4, 0.5) is 0 Å². The summed E-state index contributed by atoms with van der Waals surface area (Å²) in [6, 6.07) is 9.04. The number of aliphatic carboxylic acids is 1. The normalized spacial score (nSPS) is 27.0. The maximum absolute atomic E-state index is 11.1. The molecule has 2 aliphatic rings. The molecule has 2 fully saturated rings. The second-order valence-electron chi connectivity index (χ2n) is 7.13. The predicted molar refractivity (Wildman–Crippen MR) is 92.7 cm³/mol. The first kappa shape index (κ1) is 16.8. The van der Waals surface area contributed by atoms with Gasteiger partial charge in [-0.1, -0.05) is 36.6 Å². The third kappa shape index (κ3) is 4.27. The van der Waals surface area contributed by atoms with Gasteiger partial charge in [-0.2, -0.15) is 0 Å². The fourth-order valence-electron chi connectivity index (χ4n) is 4.23. The topological polar surface area (TPSA) is 49.3 Å². The summed E-state index contributed by atoms with van der Waals surface area (Å²) < 4.78 is 0. The van der Waals surface area contributed by atoms with Crippen molar-refractivity contribution in [2.75, 3.05) is 0 Å². The van der Waals surface area contributed by atoms with Crippen LogP contribution in [-0.2, 0) is 4.79 Å². The molecule has 3 nitrogen and oxygen atoms in total. The first-order valence-corrected chi connectivity index (χ1v) is 9.25. The Hall–Kier alpha value is -1.06. The second-order valence-corrected chi connectivity index (χ2v) is 7.56. The summed E-state index contributed by atoms with van der Waals surface area (Å²) >= 11 is 6.04. The van der Waals surface area contributed by atoms with E-state index in [1.165, 1.54) is 31.2 Å². The number of carbonyl (C=O) groups is 1. The quantitative estimate of drug-likeness (QED) is 0.812. The summed E-state index contributed by atoms with van der Waals surface area (Å²) in [6.07, 6.45) is 8.73. The molecule has 1 unspecified atom stereocenters. The van der Waals surface area contributed by atoms with E-state index in [4.69, 9.17) is 16.7 Å². The Balaban J connectivity index is 1.67. The van der Waals surface area contributed by atoms with Crippen molar-refractivity contribution in [2.45, 2.75) is 63.5 Å². The standard InChI is InChI=1S/C19H26ClNO2/c20-16-9-5-14(6-10-16)18(13-3-1-2-4-13)21-17-11-7-15(8-12-17)19(22)23/h5-6,9-10,13,15,17-18,21H,1-4,7-8,11-12H2,(H,22,23). The lowest BCUT2D eigenvalue weighted by Gasteiger charge is -2.34. The van der Waals surface area contributed by atoms with Crippen molar-refractivity contribution in [2.24, 2.45) is 11.8 Å². The van der Waals surface area contributed by atoms with Gasteiger partial charge in [0.05, 0.1) is 5.92 Å². The summed E-state index contributed by atoms with van der Waals surface area (Å²) in [7, 11) is 0. The van der Waals surface area contributed by atoms with Gasteiger partial charge < -0.3 is 10.4 Å². The fourth-order valence-corrected chi connectivity index (χ4v) is 4.35. The van der Waals surface area contributed by atoms with Gasteiger partial charge in [0.2, 0.25) is 0 Å². The molecule has 2 N–H and O–H groups in total. The average Bonchev–Trinajstić information content (AvgIpc) is 3.08. The number of carboxylic acids is 1. The molecule has 1 atom stereocenters. The van der Waals surface area contributed by atoms with Crippen molar-refractivity contribution in [3.8, 4) is 0 Å². The molecule has 2 aliphatic carbocycles. The molecule has 0 spiro atoms. The first-order valence-electron chi connectivity index (χ1n) is 8.88. The minimum atomic E-state index is -0.631. The maximum atomic E-state index is 11.1. The van der Waals surface area contributed by atoms with Crippen LogP contribution in [0.1, 0.15) is 63.0 Å². The molecule has 0 saturated heterocycles. The molecule has 0 aromatic heterocycles. The van der Waals surface area contributed by atoms with Crippen LogP contribution in [0.5, 0.6) is 0 Å². The van der Waals surface area contributed by atoms with Gasteiger partial charge in [0.15, 0.2) is 0 Å². The number of rotatable bonds is 5. The summed E-state index contributed by atoms with van der Waals surface area (Å²) in [4.78, 5) is 11.1. The zero-order valence-electron chi connectivity index (χ0n) is 13.5. The highest BCUT2D eigenvalue weighted by molar-refractivity contribution is 6.30. The van der Waals surface area contributed by atoms with Gasteiger partial charge in [0.25, 0.3) is 0 Å². The van der Waals surface area contributed by atoms with E-state index in [9.17, 15) is 4.79 Å². The molecule has 0 heterocycles. The highest BCUT2D eigenvalue weighted by atomic mass is 35.5. The molecule has 2 saturated carbocycles. The Morgan fingerprint density at radius 3 is 2.22 bits per heavy atom. The van der Waals surface area contributed by atoms with E-state index in [-0.39, 0.29) is 5.92 Å². The van der Waals surface area contributed by atoms with E-state index in [1.54, 1.807) is 0 Å². The second kappa shape index (κ2) is 7.67. The molecule has 0 aliphatic heterocycles. The molecule has 4 heteroatoms. The Morgan fingerprint density at radius 2 is 1.65 bits per heavy atom. The Labute approximate surface area is 143 Å². The molecular weight excluding hydrogens is 310 g/mol. The molecule has 0 radical (unpaired) electrons. The summed E-state index contributed by atoms with van der Waals surface area (Å²) in [5.74, 6) is -0.0876. The number of carboxylic acid groups (broad SMARTS) is 1. The summed E-state index contributed by atoms with van der Waals surface area (Å²) in [6.45, 7) is 0. The third-order valence-electron chi connectivity index (χ3n) is 5.59. The number of hydrogen-bond donors (Lipinski definition) is 2. The monoisotopic (exact) mass is 335 g/mol. The lowest BCUT2D eigenvalue weighted by Crippen LogP contribution is -2.39. The average molecular weight is 336 g/mol. The van der Waals surface area contributed by atoms with Crippen LogP contribution in [0.25, 0.3) is 0 Å². The smallest absolute Gasteiger partial charge is 0.306 e. The lowest BCUT2D eigenvalue weighted by molar-refractivity contribution is -0.142. The number of halogens is 1. The molecule has 1 aromatic rings. The van der Waals surface area contributed by atoms with Crippen molar-refractivity contribution < 1.29 is 9.90 Å². The van der Waals surface area contributed by atoms with E-state index in [1.807, 2.05) is 12.1 Å². The maximum Gasteiger partial charge on any atom is 0.306 e. The van der Waals surface area contributed by atoms with Gasteiger partial charge in [-0.05, 0) is 62.1 Å². The van der Waals surface area contributed by atoms with Crippen molar-refractivity contribution in [1.29, 1.82) is 0 Å². The fraction of sp³-hybridized carbons (Fsp3) is 0.632. The highest BCUT2D eigenvalue weighted by Gasteiger charge is 2.31. The van der Waals surface area contributed by atoms with E-state index in [0.717, 1.165) is 30.7 Å². The lowest BCUT2D eigenvalue weighted by atomic mass is 9.84. The van der Waals surface area contributed by atoms with Gasteiger partial charge >= 0.3 is 5.97 Å². The van der Waals surface area contributed by atoms with Crippen LogP contribution < -0.4 is 5.32 Å². The van der Waals surface area contributed by atoms with Crippen LogP contribution in [0.3, 0.4) is 0 Å².